The fourth-order valence-electron chi connectivity index (χ4n) is 2.16. The number of benzene rings is 1. The maximum Gasteiger partial charge on any atom is 0.0410 e. The van der Waals surface area contributed by atoms with Crippen molar-refractivity contribution in [2.24, 2.45) is 0 Å². The molecule has 0 amide bonds. The minimum Gasteiger partial charge on any atom is -0.385 e. The molecule has 1 heterocycles. The predicted octanol–water partition coefficient (Wildman–Crippen LogP) is 3.58. The van der Waals surface area contributed by atoms with E-state index in [-0.39, 0.29) is 5.54 Å². The Labute approximate surface area is 102 Å². The smallest absolute Gasteiger partial charge is 0.0410 e. The van der Waals surface area contributed by atoms with Gasteiger partial charge in [0.15, 0.2) is 0 Å². The molecule has 88 valence electrons. The molecule has 16 heavy (non-hydrogen) atoms. The number of hydrogen-bond donors (Lipinski definition) is 2. The highest BCUT2D eigenvalue weighted by Crippen LogP contribution is 2.33. The van der Waals surface area contributed by atoms with Gasteiger partial charge in [-0.2, -0.15) is 0 Å². The minimum absolute atomic E-state index is 0.127. The van der Waals surface area contributed by atoms with Gasteiger partial charge < -0.3 is 10.6 Å². The second kappa shape index (κ2) is 4.27. The number of anilines is 1. The molecule has 0 radical (unpaired) electrons. The van der Waals surface area contributed by atoms with E-state index in [4.69, 9.17) is 11.6 Å². The van der Waals surface area contributed by atoms with Crippen molar-refractivity contribution in [1.29, 1.82) is 0 Å². The van der Waals surface area contributed by atoms with Gasteiger partial charge in [-0.05, 0) is 51.0 Å². The summed E-state index contributed by atoms with van der Waals surface area (Å²) < 4.78 is 0. The van der Waals surface area contributed by atoms with Crippen LogP contribution in [0.4, 0.5) is 5.69 Å². The summed E-state index contributed by atoms with van der Waals surface area (Å²) in [7, 11) is 0. The van der Waals surface area contributed by atoms with Crippen molar-refractivity contribution in [2.75, 3.05) is 11.9 Å². The molecule has 0 bridgehead atoms. The summed E-state index contributed by atoms with van der Waals surface area (Å²) in [5.41, 5.74) is 2.62. The van der Waals surface area contributed by atoms with Crippen molar-refractivity contribution in [1.82, 2.24) is 5.32 Å². The van der Waals surface area contributed by atoms with Crippen LogP contribution in [0.5, 0.6) is 0 Å². The van der Waals surface area contributed by atoms with E-state index in [2.05, 4.69) is 43.5 Å². The lowest BCUT2D eigenvalue weighted by Gasteiger charge is -2.33. The lowest BCUT2D eigenvalue weighted by molar-refractivity contribution is 0.351. The van der Waals surface area contributed by atoms with Gasteiger partial charge in [0, 0.05) is 28.8 Å². The molecule has 1 unspecified atom stereocenters. The zero-order valence-electron chi connectivity index (χ0n) is 10.1. The molecule has 0 aromatic heterocycles. The van der Waals surface area contributed by atoms with Gasteiger partial charge in [-0.25, -0.2) is 0 Å². The molecule has 1 aromatic rings. The van der Waals surface area contributed by atoms with Crippen LogP contribution < -0.4 is 10.6 Å². The fraction of sp³-hybridized carbons (Fsp3) is 0.538. The van der Waals surface area contributed by atoms with E-state index in [0.717, 1.165) is 18.0 Å². The molecule has 1 atom stereocenters. The van der Waals surface area contributed by atoms with Crippen LogP contribution in [0.2, 0.25) is 5.02 Å². The van der Waals surface area contributed by atoms with Gasteiger partial charge in [0.2, 0.25) is 0 Å². The van der Waals surface area contributed by atoms with Gasteiger partial charge in [-0.1, -0.05) is 11.6 Å². The quantitative estimate of drug-likeness (QED) is 0.782. The Morgan fingerprint density at radius 1 is 1.38 bits per heavy atom. The number of hydrogen-bond acceptors (Lipinski definition) is 2. The molecule has 0 saturated heterocycles. The van der Waals surface area contributed by atoms with E-state index < -0.39 is 0 Å². The first kappa shape index (κ1) is 11.7. The Bertz CT molecular complexity index is 382. The van der Waals surface area contributed by atoms with Crippen LogP contribution >= 0.6 is 11.6 Å². The first-order valence-corrected chi connectivity index (χ1v) is 6.14. The maximum absolute atomic E-state index is 6.06. The number of fused-ring (bicyclic) bond motifs is 1. The van der Waals surface area contributed by atoms with Crippen LogP contribution in [0.1, 0.15) is 38.8 Å². The molecule has 1 aliphatic heterocycles. The van der Waals surface area contributed by atoms with E-state index in [1.54, 1.807) is 0 Å². The first-order valence-electron chi connectivity index (χ1n) is 5.77. The lowest BCUT2D eigenvalue weighted by atomic mass is 9.95. The van der Waals surface area contributed by atoms with E-state index in [9.17, 15) is 0 Å². The Balaban J connectivity index is 2.28. The van der Waals surface area contributed by atoms with Gasteiger partial charge in [0.05, 0.1) is 0 Å². The van der Waals surface area contributed by atoms with Crippen LogP contribution in [-0.2, 0) is 0 Å². The molecule has 2 N–H and O–H groups in total. The highest BCUT2D eigenvalue weighted by atomic mass is 35.5. The summed E-state index contributed by atoms with van der Waals surface area (Å²) in [5.74, 6) is 0. The average Bonchev–Trinajstić information content (AvgIpc) is 2.17. The normalized spacial score (nSPS) is 20.1. The summed E-state index contributed by atoms with van der Waals surface area (Å²) in [6.07, 6.45) is 1.10. The van der Waals surface area contributed by atoms with Crippen LogP contribution in [0.25, 0.3) is 0 Å². The van der Waals surface area contributed by atoms with E-state index in [1.807, 2.05) is 6.07 Å². The fourth-order valence-corrected chi connectivity index (χ4v) is 2.34. The second-order valence-electron chi connectivity index (χ2n) is 5.39. The third-order valence-electron chi connectivity index (χ3n) is 2.74. The standard InChI is InChI=1S/C13H19ClN2/c1-13(2,3)16-12-6-7-15-11-5-4-9(14)8-10(11)12/h4-5,8,12,15-16H,6-7H2,1-3H3. The first-order chi connectivity index (χ1) is 7.46. The third kappa shape index (κ3) is 2.69. The molecule has 2 rings (SSSR count). The third-order valence-corrected chi connectivity index (χ3v) is 2.98. The zero-order valence-corrected chi connectivity index (χ0v) is 10.9. The van der Waals surface area contributed by atoms with E-state index in [1.165, 1.54) is 11.3 Å². The van der Waals surface area contributed by atoms with Crippen molar-refractivity contribution >= 4 is 17.3 Å². The highest BCUT2D eigenvalue weighted by molar-refractivity contribution is 6.30. The minimum atomic E-state index is 0.127. The Morgan fingerprint density at radius 3 is 2.81 bits per heavy atom. The van der Waals surface area contributed by atoms with E-state index >= 15 is 0 Å². The van der Waals surface area contributed by atoms with Crippen molar-refractivity contribution < 1.29 is 0 Å². The summed E-state index contributed by atoms with van der Waals surface area (Å²) in [4.78, 5) is 0. The molecule has 3 heteroatoms. The Morgan fingerprint density at radius 2 is 2.12 bits per heavy atom. The van der Waals surface area contributed by atoms with Crippen LogP contribution in [0.15, 0.2) is 18.2 Å². The van der Waals surface area contributed by atoms with Gasteiger partial charge in [0.25, 0.3) is 0 Å². The molecular weight excluding hydrogens is 220 g/mol. The van der Waals surface area contributed by atoms with Gasteiger partial charge >= 0.3 is 0 Å². The van der Waals surface area contributed by atoms with Gasteiger partial charge in [-0.3, -0.25) is 0 Å². The van der Waals surface area contributed by atoms with E-state index in [0.29, 0.717) is 6.04 Å². The van der Waals surface area contributed by atoms with Crippen molar-refractivity contribution in [3.8, 4) is 0 Å². The second-order valence-corrected chi connectivity index (χ2v) is 5.83. The topological polar surface area (TPSA) is 24.1 Å². The summed E-state index contributed by atoms with van der Waals surface area (Å²) in [6.45, 7) is 7.60. The Hall–Kier alpha value is -0.730. The zero-order chi connectivity index (χ0) is 11.8. The summed E-state index contributed by atoms with van der Waals surface area (Å²) in [6, 6.07) is 6.46. The largest absolute Gasteiger partial charge is 0.385 e. The summed E-state index contributed by atoms with van der Waals surface area (Å²) in [5, 5.41) is 7.86. The van der Waals surface area contributed by atoms with Crippen molar-refractivity contribution in [3.05, 3.63) is 28.8 Å². The van der Waals surface area contributed by atoms with Gasteiger partial charge in [-0.15, -0.1) is 0 Å². The van der Waals surface area contributed by atoms with Crippen molar-refractivity contribution in [3.63, 3.8) is 0 Å². The van der Waals surface area contributed by atoms with Crippen molar-refractivity contribution in [2.45, 2.75) is 38.8 Å². The van der Waals surface area contributed by atoms with Gasteiger partial charge in [0.1, 0.15) is 0 Å². The highest BCUT2D eigenvalue weighted by Gasteiger charge is 2.23. The monoisotopic (exact) mass is 238 g/mol. The molecule has 0 spiro atoms. The number of rotatable bonds is 1. The molecule has 0 fully saturated rings. The maximum atomic E-state index is 6.06. The Kier molecular flexibility index (Phi) is 3.13. The van der Waals surface area contributed by atoms with Crippen LogP contribution in [0.3, 0.4) is 0 Å². The SMILES string of the molecule is CC(C)(C)NC1CCNc2ccc(Cl)cc21. The molecule has 0 aliphatic carbocycles. The van der Waals surface area contributed by atoms with Crippen LogP contribution in [0, 0.1) is 0 Å². The number of halogens is 1. The molecule has 2 nitrogen and oxygen atoms in total. The summed E-state index contributed by atoms with van der Waals surface area (Å²) >= 11 is 6.06. The molecule has 1 aromatic carbocycles. The molecule has 0 saturated carbocycles. The molecular formula is C13H19ClN2. The number of nitrogens with one attached hydrogen (secondary N) is 2. The molecule has 1 aliphatic rings. The lowest BCUT2D eigenvalue weighted by Crippen LogP contribution is -2.41. The average molecular weight is 239 g/mol. The van der Waals surface area contributed by atoms with Crippen LogP contribution in [-0.4, -0.2) is 12.1 Å². The predicted molar refractivity (Wildman–Crippen MR) is 70.2 cm³/mol.